The van der Waals surface area contributed by atoms with Gasteiger partial charge in [-0.05, 0) is 101 Å². The predicted molar refractivity (Wildman–Crippen MR) is 168 cm³/mol. The van der Waals surface area contributed by atoms with Crippen molar-refractivity contribution >= 4 is 22.6 Å². The smallest absolute Gasteiger partial charge is 0.319 e. The molecule has 1 amide bonds. The number of carbonyl (C=O) groups is 1. The topological polar surface area (TPSA) is 94.9 Å². The third kappa shape index (κ3) is 4.87. The number of phenols is 1. The molecule has 0 spiro atoms. The number of fused-ring (bicyclic) bond motifs is 2. The number of nitrogens with zero attached hydrogens (tertiary/aromatic N) is 6. The zero-order valence-corrected chi connectivity index (χ0v) is 25.9. The van der Waals surface area contributed by atoms with Gasteiger partial charge in [-0.2, -0.15) is 9.97 Å². The first-order chi connectivity index (χ1) is 21.2. The summed E-state index contributed by atoms with van der Waals surface area (Å²) >= 11 is 0. The molecular weight excluding hydrogens is 559 g/mol. The number of alkyl halides is 1. The number of phenolic OH excluding ortho intramolecular Hbond substituents is 1. The summed E-state index contributed by atoms with van der Waals surface area (Å²) in [5.41, 5.74) is 5.52. The van der Waals surface area contributed by atoms with Crippen LogP contribution >= 0.6 is 0 Å². The molecule has 1 N–H and O–H groups in total. The largest absolute Gasteiger partial charge is 0.508 e. The van der Waals surface area contributed by atoms with Gasteiger partial charge in [0.1, 0.15) is 24.3 Å². The summed E-state index contributed by atoms with van der Waals surface area (Å²) in [6.07, 6.45) is 8.49. The van der Waals surface area contributed by atoms with E-state index in [-0.39, 0.29) is 36.3 Å². The molecule has 5 heterocycles. The highest BCUT2D eigenvalue weighted by atomic mass is 19.1. The van der Waals surface area contributed by atoms with Gasteiger partial charge < -0.3 is 19.6 Å². The first kappa shape index (κ1) is 29.0. The summed E-state index contributed by atoms with van der Waals surface area (Å²) in [6.45, 7) is 10.5. The lowest BCUT2D eigenvalue weighted by atomic mass is 9.92. The second kappa shape index (κ2) is 11.0. The SMILES string of the molecule is C=CC(=O)N1CC(N(C)c2nc(OCC34CCCN3CCC4)nc3c(C)c(-c4cc(O)cc(C)c4C4CC4)ncc23)[C@@H](F)C1. The molecule has 1 aromatic carbocycles. The molecule has 9 nitrogen and oxygen atoms in total. The zero-order chi connectivity index (χ0) is 30.7. The van der Waals surface area contributed by atoms with Crippen LogP contribution < -0.4 is 9.64 Å². The molecule has 0 bridgehead atoms. The van der Waals surface area contributed by atoms with Crippen molar-refractivity contribution in [1.82, 2.24) is 24.8 Å². The van der Waals surface area contributed by atoms with Crippen LogP contribution in [-0.4, -0.2) is 93.4 Å². The molecular formula is C34H41FN6O3. The molecule has 4 aliphatic rings. The van der Waals surface area contributed by atoms with Crippen molar-refractivity contribution in [3.05, 3.63) is 47.7 Å². The van der Waals surface area contributed by atoms with E-state index >= 15 is 4.39 Å². The molecule has 0 radical (unpaired) electrons. The lowest BCUT2D eigenvalue weighted by molar-refractivity contribution is -0.125. The number of hydrogen-bond acceptors (Lipinski definition) is 8. The number of aromatic nitrogens is 3. The minimum absolute atomic E-state index is 0.00675. The van der Waals surface area contributed by atoms with Crippen molar-refractivity contribution < 1.29 is 19.0 Å². The summed E-state index contributed by atoms with van der Waals surface area (Å²) in [7, 11) is 1.81. The molecule has 4 fully saturated rings. The van der Waals surface area contributed by atoms with Crippen LogP contribution in [0.5, 0.6) is 11.8 Å². The predicted octanol–water partition coefficient (Wildman–Crippen LogP) is 5.07. The third-order valence-electron chi connectivity index (χ3n) is 10.4. The number of aryl methyl sites for hydroxylation is 2. The number of benzene rings is 1. The van der Waals surface area contributed by atoms with Gasteiger partial charge in [-0.1, -0.05) is 6.58 Å². The molecule has 10 heteroatoms. The quantitative estimate of drug-likeness (QED) is 0.358. The van der Waals surface area contributed by atoms with E-state index in [1.807, 2.05) is 31.9 Å². The number of halogens is 1. The number of ether oxygens (including phenoxy) is 1. The van der Waals surface area contributed by atoms with E-state index < -0.39 is 12.2 Å². The Kier molecular flexibility index (Phi) is 7.22. The van der Waals surface area contributed by atoms with Gasteiger partial charge in [0.2, 0.25) is 5.91 Å². The van der Waals surface area contributed by atoms with Gasteiger partial charge in [0, 0.05) is 30.9 Å². The highest BCUT2D eigenvalue weighted by Gasteiger charge is 2.45. The van der Waals surface area contributed by atoms with Crippen LogP contribution in [0.3, 0.4) is 0 Å². The van der Waals surface area contributed by atoms with Crippen LogP contribution in [-0.2, 0) is 4.79 Å². The van der Waals surface area contributed by atoms with Crippen molar-refractivity contribution in [1.29, 1.82) is 0 Å². The summed E-state index contributed by atoms with van der Waals surface area (Å²) in [6, 6.07) is 3.28. The Balaban J connectivity index is 1.32. The van der Waals surface area contributed by atoms with E-state index in [2.05, 4.69) is 11.5 Å². The van der Waals surface area contributed by atoms with Gasteiger partial charge >= 0.3 is 6.01 Å². The number of hydrogen-bond donors (Lipinski definition) is 1. The van der Waals surface area contributed by atoms with Crippen LogP contribution in [0.15, 0.2) is 31.0 Å². The molecule has 3 aliphatic heterocycles. The number of anilines is 1. The zero-order valence-electron chi connectivity index (χ0n) is 25.9. The lowest BCUT2D eigenvalue weighted by Crippen LogP contribution is -2.43. The molecule has 3 aromatic rings. The molecule has 1 saturated carbocycles. The van der Waals surface area contributed by atoms with Crippen LogP contribution in [0.25, 0.3) is 22.2 Å². The highest BCUT2D eigenvalue weighted by molar-refractivity contribution is 5.95. The summed E-state index contributed by atoms with van der Waals surface area (Å²) in [5, 5.41) is 11.3. The standard InChI is InChI=1S/C34H41FN6O3/c1-5-28(43)40-17-26(35)27(18-40)39(4)32-25-16-36-30(24-15-23(42)14-20(2)29(24)22-8-9-22)21(3)31(25)37-33(38-32)44-19-34-10-6-12-41(34)13-7-11-34/h5,14-16,22,26-27,42H,1,6-13,17-19H2,2-4H3/t26-,27?/m0/s1. The van der Waals surface area contributed by atoms with E-state index in [9.17, 15) is 9.90 Å². The molecule has 2 atom stereocenters. The molecule has 1 unspecified atom stereocenters. The average Bonchev–Trinajstić information content (AvgIpc) is 3.45. The van der Waals surface area contributed by atoms with Gasteiger partial charge in [-0.15, -0.1) is 0 Å². The molecule has 44 heavy (non-hydrogen) atoms. The van der Waals surface area contributed by atoms with E-state index in [0.29, 0.717) is 29.2 Å². The normalized spacial score (nSPS) is 22.9. The summed E-state index contributed by atoms with van der Waals surface area (Å²) < 4.78 is 21.9. The maximum absolute atomic E-state index is 15.4. The Morgan fingerprint density at radius 2 is 1.95 bits per heavy atom. The lowest BCUT2D eigenvalue weighted by Gasteiger charge is -2.32. The number of likely N-dealkylation sites (tertiary alicyclic amines) is 1. The van der Waals surface area contributed by atoms with Crippen molar-refractivity contribution in [2.24, 2.45) is 0 Å². The van der Waals surface area contributed by atoms with Gasteiger partial charge in [0.15, 0.2) is 0 Å². The van der Waals surface area contributed by atoms with E-state index in [1.54, 1.807) is 12.3 Å². The van der Waals surface area contributed by atoms with E-state index in [4.69, 9.17) is 19.7 Å². The van der Waals surface area contributed by atoms with Gasteiger partial charge in [0.25, 0.3) is 0 Å². The van der Waals surface area contributed by atoms with Crippen LogP contribution in [0.4, 0.5) is 10.2 Å². The average molecular weight is 601 g/mol. The third-order valence-corrected chi connectivity index (χ3v) is 10.4. The Hall–Kier alpha value is -3.79. The minimum atomic E-state index is -1.26. The number of carbonyl (C=O) groups excluding carboxylic acids is 1. The van der Waals surface area contributed by atoms with Crippen molar-refractivity contribution in [2.45, 2.75) is 76.0 Å². The summed E-state index contributed by atoms with van der Waals surface area (Å²) in [5.74, 6) is 0.904. The number of pyridine rings is 1. The fourth-order valence-electron chi connectivity index (χ4n) is 7.91. The van der Waals surface area contributed by atoms with Gasteiger partial charge in [0.05, 0.1) is 34.7 Å². The summed E-state index contributed by atoms with van der Waals surface area (Å²) in [4.78, 5) is 32.9. The first-order valence-corrected chi connectivity index (χ1v) is 15.9. The fraction of sp³-hybridized carbons (Fsp3) is 0.529. The van der Waals surface area contributed by atoms with Crippen molar-refractivity contribution in [2.75, 3.05) is 44.7 Å². The van der Waals surface area contributed by atoms with Crippen molar-refractivity contribution in [3.63, 3.8) is 0 Å². The molecule has 1 aliphatic carbocycles. The highest BCUT2D eigenvalue weighted by Crippen LogP contribution is 2.48. The maximum atomic E-state index is 15.4. The number of rotatable bonds is 8. The fourth-order valence-corrected chi connectivity index (χ4v) is 7.91. The Morgan fingerprint density at radius 3 is 2.66 bits per heavy atom. The Bertz CT molecular complexity index is 1630. The molecule has 7 rings (SSSR count). The number of amides is 1. The van der Waals surface area contributed by atoms with E-state index in [0.717, 1.165) is 74.0 Å². The van der Waals surface area contributed by atoms with E-state index in [1.165, 1.54) is 16.5 Å². The monoisotopic (exact) mass is 600 g/mol. The van der Waals surface area contributed by atoms with Gasteiger partial charge in [-0.3, -0.25) is 14.7 Å². The van der Waals surface area contributed by atoms with Crippen LogP contribution in [0, 0.1) is 13.8 Å². The number of aromatic hydroxyl groups is 1. The maximum Gasteiger partial charge on any atom is 0.319 e. The Labute approximate surface area is 257 Å². The van der Waals surface area contributed by atoms with Crippen LogP contribution in [0.1, 0.15) is 61.1 Å². The van der Waals surface area contributed by atoms with Crippen LogP contribution in [0.2, 0.25) is 0 Å². The second-order valence-corrected chi connectivity index (χ2v) is 13.2. The first-order valence-electron chi connectivity index (χ1n) is 15.9. The molecule has 3 saturated heterocycles. The van der Waals surface area contributed by atoms with Gasteiger partial charge in [-0.25, -0.2) is 4.39 Å². The molecule has 232 valence electrons. The van der Waals surface area contributed by atoms with Crippen molar-refractivity contribution in [3.8, 4) is 23.0 Å². The Morgan fingerprint density at radius 1 is 1.20 bits per heavy atom. The number of likely N-dealkylation sites (N-methyl/N-ethyl adjacent to an activating group) is 1. The second-order valence-electron chi connectivity index (χ2n) is 13.2. The molecule has 2 aromatic heterocycles. The minimum Gasteiger partial charge on any atom is -0.508 e.